The molecule has 0 unspecified atom stereocenters. The third-order valence-corrected chi connectivity index (χ3v) is 5.65. The smallest absolute Gasteiger partial charge is 0.277 e. The average molecular weight is 444 g/mol. The van der Waals surface area contributed by atoms with Gasteiger partial charge in [-0.15, -0.1) is 0 Å². The van der Waals surface area contributed by atoms with E-state index in [0.717, 1.165) is 0 Å². The summed E-state index contributed by atoms with van der Waals surface area (Å²) in [7, 11) is -1.02. The largest absolute Gasteiger partial charge is 0.457 e. The van der Waals surface area contributed by atoms with Crippen molar-refractivity contribution in [3.63, 3.8) is 0 Å². The third kappa shape index (κ3) is 5.37. The maximum absolute atomic E-state index is 12.5. The molecule has 0 aliphatic heterocycles. The lowest BCUT2D eigenvalue weighted by atomic mass is 10.1. The van der Waals surface area contributed by atoms with Crippen LogP contribution in [-0.4, -0.2) is 27.6 Å². The maximum atomic E-state index is 12.5. The lowest BCUT2D eigenvalue weighted by Crippen LogP contribution is -2.12. The Labute approximate surface area is 179 Å². The summed E-state index contributed by atoms with van der Waals surface area (Å²) in [6.07, 6.45) is -0.951. The Bertz CT molecular complexity index is 1160. The molecule has 1 N–H and O–H groups in total. The molecule has 0 saturated carbocycles. The van der Waals surface area contributed by atoms with E-state index in [1.54, 1.807) is 36.4 Å². The van der Waals surface area contributed by atoms with Gasteiger partial charge >= 0.3 is 0 Å². The van der Waals surface area contributed by atoms with E-state index in [9.17, 15) is 18.5 Å². The van der Waals surface area contributed by atoms with E-state index in [1.165, 1.54) is 50.6 Å². The Morgan fingerprint density at radius 3 is 2.23 bits per heavy atom. The molecule has 0 spiro atoms. The van der Waals surface area contributed by atoms with Gasteiger partial charge in [0.05, 0.1) is 21.1 Å². The number of anilines is 1. The maximum Gasteiger partial charge on any atom is 0.277 e. The zero-order valence-electron chi connectivity index (χ0n) is 16.7. The van der Waals surface area contributed by atoms with Crippen molar-refractivity contribution in [1.82, 2.24) is 0 Å². The normalized spacial score (nSPS) is 11.3. The molecule has 0 aromatic heterocycles. The minimum Gasteiger partial charge on any atom is -0.457 e. The number of rotatable bonds is 9. The van der Waals surface area contributed by atoms with E-state index >= 15 is 0 Å². The van der Waals surface area contributed by atoms with Crippen molar-refractivity contribution in [3.8, 4) is 11.5 Å². The van der Waals surface area contributed by atoms with Gasteiger partial charge in [-0.1, -0.05) is 24.3 Å². The minimum absolute atomic E-state index is 0.131. The summed E-state index contributed by atoms with van der Waals surface area (Å²) in [5, 5.41) is 11.3. The molecule has 3 aromatic carbocycles. The number of ether oxygens (including phenoxy) is 3. The van der Waals surface area contributed by atoms with Crippen LogP contribution >= 0.6 is 0 Å². The van der Waals surface area contributed by atoms with Crippen LogP contribution in [-0.2, 0) is 19.5 Å². The first-order chi connectivity index (χ1) is 14.8. The second-order valence-electron chi connectivity index (χ2n) is 6.33. The van der Waals surface area contributed by atoms with Crippen molar-refractivity contribution in [3.05, 3.63) is 88.5 Å². The Morgan fingerprint density at radius 2 is 1.58 bits per heavy atom. The first-order valence-electron chi connectivity index (χ1n) is 9.04. The van der Waals surface area contributed by atoms with E-state index in [0.29, 0.717) is 17.2 Å². The molecule has 9 nitrogen and oxygen atoms in total. The fraction of sp³-hybridized carbons (Fsp3) is 0.143. The van der Waals surface area contributed by atoms with Crippen LogP contribution in [0.5, 0.6) is 11.5 Å². The number of benzene rings is 3. The molecule has 10 heteroatoms. The van der Waals surface area contributed by atoms with Gasteiger partial charge in [0.15, 0.2) is 6.29 Å². The van der Waals surface area contributed by atoms with Crippen molar-refractivity contribution >= 4 is 21.4 Å². The summed E-state index contributed by atoms with van der Waals surface area (Å²) in [6, 6.07) is 18.5. The van der Waals surface area contributed by atoms with Gasteiger partial charge in [0, 0.05) is 26.4 Å². The number of hydrogen-bond donors (Lipinski definition) is 1. The average Bonchev–Trinajstić information content (AvgIpc) is 2.75. The highest BCUT2D eigenvalue weighted by Crippen LogP contribution is 2.33. The predicted octanol–water partition coefficient (Wildman–Crippen LogP) is 4.48. The van der Waals surface area contributed by atoms with Crippen LogP contribution in [0.2, 0.25) is 0 Å². The van der Waals surface area contributed by atoms with Gasteiger partial charge in [-0.3, -0.25) is 14.8 Å². The summed E-state index contributed by atoms with van der Waals surface area (Å²) < 4.78 is 43.6. The van der Waals surface area contributed by atoms with E-state index < -0.39 is 21.2 Å². The van der Waals surface area contributed by atoms with Gasteiger partial charge in [0.1, 0.15) is 11.5 Å². The van der Waals surface area contributed by atoms with Crippen LogP contribution in [0.15, 0.2) is 77.7 Å². The van der Waals surface area contributed by atoms with Gasteiger partial charge in [0.2, 0.25) is 0 Å². The first-order valence-corrected chi connectivity index (χ1v) is 10.5. The predicted molar refractivity (Wildman–Crippen MR) is 114 cm³/mol. The summed E-state index contributed by atoms with van der Waals surface area (Å²) >= 11 is 0. The molecule has 0 radical (unpaired) electrons. The quantitative estimate of drug-likeness (QED) is 0.294. The number of sulfonamides is 1. The molecule has 0 heterocycles. The summed E-state index contributed by atoms with van der Waals surface area (Å²) in [5.41, 5.74) is 0.314. The number of nitro benzene ring substituents is 1. The van der Waals surface area contributed by atoms with Gasteiger partial charge in [-0.05, 0) is 36.4 Å². The van der Waals surface area contributed by atoms with E-state index in [1.807, 2.05) is 0 Å². The Kier molecular flexibility index (Phi) is 6.85. The minimum atomic E-state index is -3.76. The third-order valence-electron chi connectivity index (χ3n) is 4.25. The molecule has 0 amide bonds. The van der Waals surface area contributed by atoms with Crippen LogP contribution in [0.25, 0.3) is 0 Å². The zero-order chi connectivity index (χ0) is 22.4. The molecule has 0 fully saturated rings. The van der Waals surface area contributed by atoms with Crippen molar-refractivity contribution in [1.29, 1.82) is 0 Å². The summed E-state index contributed by atoms with van der Waals surface area (Å²) in [6.45, 7) is 0. The fourth-order valence-corrected chi connectivity index (χ4v) is 3.94. The number of nitro groups is 1. The monoisotopic (exact) mass is 444 g/mol. The fourth-order valence-electron chi connectivity index (χ4n) is 2.87. The summed E-state index contributed by atoms with van der Waals surface area (Å²) in [5.74, 6) is 0.627. The van der Waals surface area contributed by atoms with Crippen LogP contribution in [0.3, 0.4) is 0 Å². The SMILES string of the molecule is COC(OC)c1cc(Oc2cccc(NS(=O)(=O)c3ccccc3)c2)ccc1[N+](=O)[O-]. The van der Waals surface area contributed by atoms with Gasteiger partial charge in [-0.2, -0.15) is 0 Å². The second-order valence-corrected chi connectivity index (χ2v) is 8.01. The Balaban J connectivity index is 1.86. The highest BCUT2D eigenvalue weighted by atomic mass is 32.2. The molecule has 162 valence electrons. The van der Waals surface area contributed by atoms with Crippen molar-refractivity contribution in [2.45, 2.75) is 11.2 Å². The molecule has 3 aromatic rings. The van der Waals surface area contributed by atoms with E-state index in [4.69, 9.17) is 14.2 Å². The molecule has 0 atom stereocenters. The molecule has 0 bridgehead atoms. The number of methoxy groups -OCH3 is 2. The highest BCUT2D eigenvalue weighted by molar-refractivity contribution is 7.92. The highest BCUT2D eigenvalue weighted by Gasteiger charge is 2.23. The molecule has 0 saturated heterocycles. The molecule has 0 aliphatic rings. The number of hydrogen-bond acceptors (Lipinski definition) is 7. The van der Waals surface area contributed by atoms with Crippen molar-refractivity contribution in [2.24, 2.45) is 0 Å². The lowest BCUT2D eigenvalue weighted by Gasteiger charge is -2.15. The molecular weight excluding hydrogens is 424 g/mol. The molecule has 3 rings (SSSR count). The van der Waals surface area contributed by atoms with Crippen molar-refractivity contribution < 1.29 is 27.6 Å². The lowest BCUT2D eigenvalue weighted by molar-refractivity contribution is -0.387. The van der Waals surface area contributed by atoms with Crippen LogP contribution in [0, 0.1) is 10.1 Å². The van der Waals surface area contributed by atoms with Crippen LogP contribution < -0.4 is 9.46 Å². The Morgan fingerprint density at radius 1 is 0.903 bits per heavy atom. The topological polar surface area (TPSA) is 117 Å². The van der Waals surface area contributed by atoms with E-state index in [-0.39, 0.29) is 16.1 Å². The number of nitrogens with zero attached hydrogens (tertiary/aromatic N) is 1. The Hall–Kier alpha value is -3.47. The first kappa shape index (κ1) is 22.2. The van der Waals surface area contributed by atoms with Gasteiger partial charge < -0.3 is 14.2 Å². The van der Waals surface area contributed by atoms with Crippen molar-refractivity contribution in [2.75, 3.05) is 18.9 Å². The zero-order valence-corrected chi connectivity index (χ0v) is 17.5. The van der Waals surface area contributed by atoms with E-state index in [2.05, 4.69) is 4.72 Å². The molecule has 31 heavy (non-hydrogen) atoms. The number of nitrogens with one attached hydrogen (secondary N) is 1. The van der Waals surface area contributed by atoms with Crippen LogP contribution in [0.1, 0.15) is 11.9 Å². The molecule has 0 aliphatic carbocycles. The van der Waals surface area contributed by atoms with Gasteiger partial charge in [-0.25, -0.2) is 8.42 Å². The second kappa shape index (κ2) is 9.56. The van der Waals surface area contributed by atoms with Crippen LogP contribution in [0.4, 0.5) is 11.4 Å². The summed E-state index contributed by atoms with van der Waals surface area (Å²) in [4.78, 5) is 10.9. The van der Waals surface area contributed by atoms with Gasteiger partial charge in [0.25, 0.3) is 15.7 Å². The standard InChI is InChI=1S/C21H20N2O7S/c1-28-21(29-2)19-14-17(11-12-20(19)23(24)25)30-16-8-6-7-15(13-16)22-31(26,27)18-9-4-3-5-10-18/h3-14,21-22H,1-2H3. The molecular formula is C21H20N2O7S.